The summed E-state index contributed by atoms with van der Waals surface area (Å²) in [5.74, 6) is -0.444. The Bertz CT molecular complexity index is 853. The van der Waals surface area contributed by atoms with E-state index in [1.165, 1.54) is 30.3 Å². The lowest BCUT2D eigenvalue weighted by Crippen LogP contribution is -2.18. The van der Waals surface area contributed by atoms with Crippen molar-refractivity contribution in [3.63, 3.8) is 0 Å². The Morgan fingerprint density at radius 3 is 2.62 bits per heavy atom. The van der Waals surface area contributed by atoms with E-state index in [2.05, 4.69) is 4.72 Å². The Labute approximate surface area is 145 Å². The van der Waals surface area contributed by atoms with Gasteiger partial charge >= 0.3 is 0 Å². The average molecular weight is 369 g/mol. The highest BCUT2D eigenvalue weighted by molar-refractivity contribution is 7.92. The largest absolute Gasteiger partial charge is 0.492 e. The molecule has 2 aromatic carbocycles. The van der Waals surface area contributed by atoms with Crippen LogP contribution in [0.5, 0.6) is 5.75 Å². The van der Waals surface area contributed by atoms with E-state index in [4.69, 9.17) is 22.1 Å². The maximum atomic E-state index is 12.6. The molecule has 0 aliphatic rings. The number of carbonyl (C=O) groups excluding carboxylic acids is 1. The van der Waals surface area contributed by atoms with Crippen LogP contribution in [0.15, 0.2) is 47.4 Å². The van der Waals surface area contributed by atoms with E-state index in [-0.39, 0.29) is 21.9 Å². The first-order valence-electron chi connectivity index (χ1n) is 7.19. The Hall–Kier alpha value is -2.25. The molecule has 24 heavy (non-hydrogen) atoms. The van der Waals surface area contributed by atoms with E-state index in [1.54, 1.807) is 12.1 Å². The molecular weight excluding hydrogens is 352 g/mol. The molecule has 0 aromatic heterocycles. The minimum Gasteiger partial charge on any atom is -0.492 e. The first kappa shape index (κ1) is 18.1. The van der Waals surface area contributed by atoms with Crippen molar-refractivity contribution in [1.29, 1.82) is 0 Å². The number of benzene rings is 2. The second kappa shape index (κ2) is 7.55. The van der Waals surface area contributed by atoms with Crippen molar-refractivity contribution in [3.8, 4) is 5.75 Å². The third-order valence-corrected chi connectivity index (χ3v) is 4.79. The van der Waals surface area contributed by atoms with Gasteiger partial charge in [-0.1, -0.05) is 30.7 Å². The number of carbonyl (C=O) groups is 1. The number of hydrogen-bond acceptors (Lipinski definition) is 4. The summed E-state index contributed by atoms with van der Waals surface area (Å²) in [4.78, 5) is 11.4. The standard InChI is InChI=1S/C16H17ClN2O4S/c1-2-9-23-15-10-11(7-8-13(15)17)24(21,22)19-14-6-4-3-5-12(14)16(18)20/h3-8,10,19H,2,9H2,1H3,(H2,18,20). The van der Waals surface area contributed by atoms with Gasteiger partial charge in [0.1, 0.15) is 5.75 Å². The Morgan fingerprint density at radius 1 is 1.25 bits per heavy atom. The number of primary amides is 1. The summed E-state index contributed by atoms with van der Waals surface area (Å²) in [5.41, 5.74) is 5.45. The monoisotopic (exact) mass is 368 g/mol. The summed E-state index contributed by atoms with van der Waals surface area (Å²) in [6.07, 6.45) is 0.761. The summed E-state index contributed by atoms with van der Waals surface area (Å²) in [6.45, 7) is 2.35. The highest BCUT2D eigenvalue weighted by Crippen LogP contribution is 2.29. The molecule has 2 aromatic rings. The quantitative estimate of drug-likeness (QED) is 0.784. The molecule has 1 amide bonds. The summed E-state index contributed by atoms with van der Waals surface area (Å²) < 4.78 is 32.9. The number of rotatable bonds is 7. The summed E-state index contributed by atoms with van der Waals surface area (Å²) in [5, 5.41) is 0.319. The summed E-state index contributed by atoms with van der Waals surface area (Å²) in [7, 11) is -3.93. The van der Waals surface area contributed by atoms with Crippen molar-refractivity contribution in [2.24, 2.45) is 5.73 Å². The van der Waals surface area contributed by atoms with Crippen molar-refractivity contribution >= 4 is 33.2 Å². The zero-order chi connectivity index (χ0) is 17.7. The molecule has 0 saturated heterocycles. The molecule has 0 fully saturated rings. The maximum absolute atomic E-state index is 12.6. The van der Waals surface area contributed by atoms with Crippen LogP contribution >= 0.6 is 11.6 Å². The molecule has 0 saturated carbocycles. The molecule has 6 nitrogen and oxygen atoms in total. The van der Waals surface area contributed by atoms with Crippen LogP contribution < -0.4 is 15.2 Å². The predicted molar refractivity (Wildman–Crippen MR) is 93.0 cm³/mol. The fourth-order valence-electron chi connectivity index (χ4n) is 1.96. The van der Waals surface area contributed by atoms with Crippen LogP contribution in [0, 0.1) is 0 Å². The number of ether oxygens (including phenoxy) is 1. The van der Waals surface area contributed by atoms with Crippen molar-refractivity contribution in [1.82, 2.24) is 0 Å². The van der Waals surface area contributed by atoms with Gasteiger partial charge in [-0.05, 0) is 30.7 Å². The number of nitrogens with one attached hydrogen (secondary N) is 1. The van der Waals surface area contributed by atoms with Crippen LogP contribution in [-0.4, -0.2) is 20.9 Å². The van der Waals surface area contributed by atoms with E-state index in [0.717, 1.165) is 6.42 Å². The van der Waals surface area contributed by atoms with Crippen LogP contribution in [-0.2, 0) is 10.0 Å². The SMILES string of the molecule is CCCOc1cc(S(=O)(=O)Nc2ccccc2C(N)=O)ccc1Cl. The number of sulfonamides is 1. The number of nitrogens with two attached hydrogens (primary N) is 1. The average Bonchev–Trinajstić information content (AvgIpc) is 2.53. The lowest BCUT2D eigenvalue weighted by Gasteiger charge is -2.13. The molecule has 0 radical (unpaired) electrons. The van der Waals surface area contributed by atoms with Gasteiger partial charge in [-0.25, -0.2) is 8.42 Å². The summed E-state index contributed by atoms with van der Waals surface area (Å²) >= 11 is 6.01. The molecule has 0 spiro atoms. The number of halogens is 1. The van der Waals surface area contributed by atoms with Gasteiger partial charge in [-0.2, -0.15) is 0 Å². The smallest absolute Gasteiger partial charge is 0.262 e. The molecule has 0 atom stereocenters. The minimum absolute atomic E-state index is 0.0303. The molecule has 0 aliphatic carbocycles. The summed E-state index contributed by atoms with van der Waals surface area (Å²) in [6, 6.07) is 10.2. The van der Waals surface area contributed by atoms with Gasteiger partial charge in [-0.3, -0.25) is 9.52 Å². The Kier molecular flexibility index (Phi) is 5.69. The lowest BCUT2D eigenvalue weighted by atomic mass is 10.2. The molecule has 0 unspecified atom stereocenters. The van der Waals surface area contributed by atoms with Crippen LogP contribution in [0.2, 0.25) is 5.02 Å². The second-order valence-electron chi connectivity index (χ2n) is 4.96. The van der Waals surface area contributed by atoms with Gasteiger partial charge in [0.15, 0.2) is 0 Å². The third kappa shape index (κ3) is 4.18. The Morgan fingerprint density at radius 2 is 1.96 bits per heavy atom. The van der Waals surface area contributed by atoms with Crippen LogP contribution in [0.3, 0.4) is 0 Å². The molecule has 0 heterocycles. The van der Waals surface area contributed by atoms with Crippen molar-refractivity contribution in [2.45, 2.75) is 18.2 Å². The molecule has 3 N–H and O–H groups in total. The van der Waals surface area contributed by atoms with Crippen LogP contribution in [0.1, 0.15) is 23.7 Å². The fraction of sp³-hybridized carbons (Fsp3) is 0.188. The van der Waals surface area contributed by atoms with Gasteiger partial charge in [0.25, 0.3) is 15.9 Å². The highest BCUT2D eigenvalue weighted by Gasteiger charge is 2.19. The maximum Gasteiger partial charge on any atom is 0.262 e. The van der Waals surface area contributed by atoms with Crippen molar-refractivity contribution < 1.29 is 17.9 Å². The van der Waals surface area contributed by atoms with Gasteiger partial charge < -0.3 is 10.5 Å². The number of anilines is 1. The Balaban J connectivity index is 2.36. The molecule has 128 valence electrons. The molecular formula is C16H17ClN2O4S. The van der Waals surface area contributed by atoms with E-state index < -0.39 is 15.9 Å². The zero-order valence-corrected chi connectivity index (χ0v) is 14.5. The minimum atomic E-state index is -3.93. The van der Waals surface area contributed by atoms with E-state index >= 15 is 0 Å². The predicted octanol–water partition coefficient (Wildman–Crippen LogP) is 3.03. The zero-order valence-electron chi connectivity index (χ0n) is 13.0. The molecule has 2 rings (SSSR count). The fourth-order valence-corrected chi connectivity index (χ4v) is 3.23. The van der Waals surface area contributed by atoms with Gasteiger partial charge in [-0.15, -0.1) is 0 Å². The third-order valence-electron chi connectivity index (χ3n) is 3.11. The molecule has 0 bridgehead atoms. The van der Waals surface area contributed by atoms with E-state index in [1.807, 2.05) is 6.92 Å². The number of hydrogen-bond donors (Lipinski definition) is 2. The number of para-hydroxylation sites is 1. The van der Waals surface area contributed by atoms with Crippen molar-refractivity contribution in [2.75, 3.05) is 11.3 Å². The topological polar surface area (TPSA) is 98.5 Å². The van der Waals surface area contributed by atoms with Gasteiger partial charge in [0.2, 0.25) is 0 Å². The van der Waals surface area contributed by atoms with Crippen LogP contribution in [0.4, 0.5) is 5.69 Å². The second-order valence-corrected chi connectivity index (χ2v) is 7.05. The normalized spacial score (nSPS) is 11.1. The highest BCUT2D eigenvalue weighted by atomic mass is 35.5. The first-order chi connectivity index (χ1) is 11.3. The molecule has 0 aliphatic heterocycles. The van der Waals surface area contributed by atoms with E-state index in [0.29, 0.717) is 11.6 Å². The number of amides is 1. The van der Waals surface area contributed by atoms with Crippen LogP contribution in [0.25, 0.3) is 0 Å². The van der Waals surface area contributed by atoms with E-state index in [9.17, 15) is 13.2 Å². The first-order valence-corrected chi connectivity index (χ1v) is 9.05. The van der Waals surface area contributed by atoms with Gasteiger partial charge in [0.05, 0.1) is 27.8 Å². The molecule has 8 heteroatoms. The van der Waals surface area contributed by atoms with Crippen molar-refractivity contribution in [3.05, 3.63) is 53.1 Å². The lowest BCUT2D eigenvalue weighted by molar-refractivity contribution is 0.100. The van der Waals surface area contributed by atoms with Gasteiger partial charge in [0, 0.05) is 6.07 Å².